The maximum atomic E-state index is 5.78. The summed E-state index contributed by atoms with van der Waals surface area (Å²) >= 11 is 5.78. The third kappa shape index (κ3) is 2.73. The van der Waals surface area contributed by atoms with E-state index >= 15 is 0 Å². The SMILES string of the molecule is Cc1cc(NCc2ccc(Cl)cc2)no1. The quantitative estimate of drug-likeness (QED) is 0.867. The summed E-state index contributed by atoms with van der Waals surface area (Å²) in [6, 6.07) is 9.54. The molecule has 3 nitrogen and oxygen atoms in total. The standard InChI is InChI=1S/C11H11ClN2O/c1-8-6-11(14-15-8)13-7-9-2-4-10(12)5-3-9/h2-6H,7H2,1H3,(H,13,14). The number of anilines is 1. The zero-order valence-electron chi connectivity index (χ0n) is 8.33. The van der Waals surface area contributed by atoms with Crippen molar-refractivity contribution in [2.75, 3.05) is 5.32 Å². The topological polar surface area (TPSA) is 38.1 Å². The van der Waals surface area contributed by atoms with Gasteiger partial charge in [0.15, 0.2) is 5.82 Å². The van der Waals surface area contributed by atoms with Crippen molar-refractivity contribution in [3.8, 4) is 0 Å². The van der Waals surface area contributed by atoms with Gasteiger partial charge in [-0.25, -0.2) is 0 Å². The van der Waals surface area contributed by atoms with E-state index in [0.29, 0.717) is 6.54 Å². The summed E-state index contributed by atoms with van der Waals surface area (Å²) in [5.41, 5.74) is 1.15. The lowest BCUT2D eigenvalue weighted by Gasteiger charge is -2.01. The van der Waals surface area contributed by atoms with Crippen LogP contribution in [0.1, 0.15) is 11.3 Å². The van der Waals surface area contributed by atoms with Gasteiger partial charge in [0, 0.05) is 17.6 Å². The van der Waals surface area contributed by atoms with Crippen LogP contribution in [0.25, 0.3) is 0 Å². The van der Waals surface area contributed by atoms with E-state index in [9.17, 15) is 0 Å². The second-order valence-electron chi connectivity index (χ2n) is 3.30. The van der Waals surface area contributed by atoms with E-state index in [1.54, 1.807) is 0 Å². The summed E-state index contributed by atoms with van der Waals surface area (Å²) in [6.45, 7) is 2.57. The molecule has 0 radical (unpaired) electrons. The van der Waals surface area contributed by atoms with Crippen LogP contribution in [0.3, 0.4) is 0 Å². The fourth-order valence-corrected chi connectivity index (χ4v) is 1.37. The van der Waals surface area contributed by atoms with E-state index in [0.717, 1.165) is 22.2 Å². The summed E-state index contributed by atoms with van der Waals surface area (Å²) in [4.78, 5) is 0. The fraction of sp³-hybridized carbons (Fsp3) is 0.182. The highest BCUT2D eigenvalue weighted by atomic mass is 35.5. The highest BCUT2D eigenvalue weighted by Gasteiger charge is 1.99. The molecule has 2 aromatic rings. The number of nitrogens with one attached hydrogen (secondary N) is 1. The van der Waals surface area contributed by atoms with E-state index < -0.39 is 0 Å². The van der Waals surface area contributed by atoms with E-state index in [4.69, 9.17) is 16.1 Å². The first kappa shape index (κ1) is 10.1. The number of benzene rings is 1. The molecule has 0 saturated heterocycles. The zero-order chi connectivity index (χ0) is 10.7. The molecule has 0 aliphatic rings. The van der Waals surface area contributed by atoms with Crippen LogP contribution in [0, 0.1) is 6.92 Å². The molecule has 0 spiro atoms. The van der Waals surface area contributed by atoms with Crippen LogP contribution in [0.5, 0.6) is 0 Å². The maximum absolute atomic E-state index is 5.78. The van der Waals surface area contributed by atoms with E-state index in [1.807, 2.05) is 37.3 Å². The summed E-state index contributed by atoms with van der Waals surface area (Å²) in [5.74, 6) is 1.55. The molecular weight excluding hydrogens is 212 g/mol. The van der Waals surface area contributed by atoms with E-state index in [2.05, 4.69) is 10.5 Å². The van der Waals surface area contributed by atoms with Crippen molar-refractivity contribution in [1.29, 1.82) is 0 Å². The average Bonchev–Trinajstić information content (AvgIpc) is 2.64. The van der Waals surface area contributed by atoms with Crippen LogP contribution >= 0.6 is 11.6 Å². The van der Waals surface area contributed by atoms with Crippen molar-refractivity contribution < 1.29 is 4.52 Å². The van der Waals surface area contributed by atoms with Gasteiger partial charge in [0.05, 0.1) is 0 Å². The van der Waals surface area contributed by atoms with Crippen LogP contribution in [0.4, 0.5) is 5.82 Å². The van der Waals surface area contributed by atoms with Crippen molar-refractivity contribution in [3.05, 3.63) is 46.7 Å². The lowest BCUT2D eigenvalue weighted by Crippen LogP contribution is -1.98. The monoisotopic (exact) mass is 222 g/mol. The smallest absolute Gasteiger partial charge is 0.169 e. The number of aryl methyl sites for hydroxylation is 1. The van der Waals surface area contributed by atoms with Gasteiger partial charge in [-0.3, -0.25) is 0 Å². The third-order valence-electron chi connectivity index (χ3n) is 2.01. The van der Waals surface area contributed by atoms with Gasteiger partial charge in [-0.15, -0.1) is 0 Å². The molecule has 1 aromatic carbocycles. The Labute approximate surface area is 93.0 Å². The lowest BCUT2D eigenvalue weighted by molar-refractivity contribution is 0.399. The molecule has 1 aromatic heterocycles. The molecule has 1 N–H and O–H groups in total. The minimum atomic E-state index is 0.711. The lowest BCUT2D eigenvalue weighted by atomic mass is 10.2. The summed E-state index contributed by atoms with van der Waals surface area (Å²) in [7, 11) is 0. The minimum absolute atomic E-state index is 0.711. The molecule has 0 amide bonds. The van der Waals surface area contributed by atoms with Crippen LogP contribution in [0.15, 0.2) is 34.9 Å². The Morgan fingerprint density at radius 2 is 2.07 bits per heavy atom. The van der Waals surface area contributed by atoms with Gasteiger partial charge in [-0.05, 0) is 24.6 Å². The van der Waals surface area contributed by atoms with Crippen molar-refractivity contribution in [2.45, 2.75) is 13.5 Å². The molecule has 4 heteroatoms. The Morgan fingerprint density at radius 3 is 2.67 bits per heavy atom. The van der Waals surface area contributed by atoms with Gasteiger partial charge >= 0.3 is 0 Å². The first-order valence-electron chi connectivity index (χ1n) is 4.66. The first-order chi connectivity index (χ1) is 7.24. The first-order valence-corrected chi connectivity index (χ1v) is 5.03. The van der Waals surface area contributed by atoms with Gasteiger partial charge in [0.1, 0.15) is 5.76 Å². The Morgan fingerprint density at radius 1 is 1.33 bits per heavy atom. The normalized spacial score (nSPS) is 10.3. The van der Waals surface area contributed by atoms with Gasteiger partial charge in [-0.1, -0.05) is 28.9 Å². The Kier molecular flexibility index (Phi) is 2.92. The number of nitrogens with zero attached hydrogens (tertiary/aromatic N) is 1. The largest absolute Gasteiger partial charge is 0.363 e. The minimum Gasteiger partial charge on any atom is -0.363 e. The number of hydrogen-bond acceptors (Lipinski definition) is 3. The molecule has 0 unspecified atom stereocenters. The fourth-order valence-electron chi connectivity index (χ4n) is 1.24. The molecule has 2 rings (SSSR count). The summed E-state index contributed by atoms with van der Waals surface area (Å²) in [5, 5.41) is 7.74. The second-order valence-corrected chi connectivity index (χ2v) is 3.74. The number of aromatic nitrogens is 1. The zero-order valence-corrected chi connectivity index (χ0v) is 9.08. The predicted octanol–water partition coefficient (Wildman–Crippen LogP) is 3.25. The van der Waals surface area contributed by atoms with Gasteiger partial charge in [-0.2, -0.15) is 0 Å². The summed E-state index contributed by atoms with van der Waals surface area (Å²) in [6.07, 6.45) is 0. The molecule has 15 heavy (non-hydrogen) atoms. The molecule has 0 aliphatic carbocycles. The van der Waals surface area contributed by atoms with Crippen molar-refractivity contribution >= 4 is 17.4 Å². The molecule has 1 heterocycles. The van der Waals surface area contributed by atoms with Crippen LogP contribution in [-0.2, 0) is 6.54 Å². The Balaban J connectivity index is 1.96. The number of rotatable bonds is 3. The van der Waals surface area contributed by atoms with Crippen molar-refractivity contribution in [2.24, 2.45) is 0 Å². The maximum Gasteiger partial charge on any atom is 0.169 e. The molecular formula is C11H11ClN2O. The van der Waals surface area contributed by atoms with Gasteiger partial charge < -0.3 is 9.84 Å². The average molecular weight is 223 g/mol. The predicted molar refractivity (Wildman–Crippen MR) is 60.0 cm³/mol. The van der Waals surface area contributed by atoms with E-state index in [-0.39, 0.29) is 0 Å². The Hall–Kier alpha value is -1.48. The van der Waals surface area contributed by atoms with Crippen LogP contribution in [0.2, 0.25) is 5.02 Å². The number of hydrogen-bond donors (Lipinski definition) is 1. The Bertz CT molecular complexity index is 436. The van der Waals surface area contributed by atoms with Gasteiger partial charge in [0.2, 0.25) is 0 Å². The van der Waals surface area contributed by atoms with E-state index in [1.165, 1.54) is 0 Å². The third-order valence-corrected chi connectivity index (χ3v) is 2.27. The number of halogens is 1. The summed E-state index contributed by atoms with van der Waals surface area (Å²) < 4.78 is 4.94. The molecule has 78 valence electrons. The van der Waals surface area contributed by atoms with Crippen LogP contribution in [-0.4, -0.2) is 5.16 Å². The highest BCUT2D eigenvalue weighted by Crippen LogP contribution is 2.12. The molecule has 0 atom stereocenters. The van der Waals surface area contributed by atoms with Crippen molar-refractivity contribution in [3.63, 3.8) is 0 Å². The molecule has 0 aliphatic heterocycles. The second kappa shape index (κ2) is 4.36. The molecule has 0 saturated carbocycles. The van der Waals surface area contributed by atoms with Gasteiger partial charge in [0.25, 0.3) is 0 Å². The highest BCUT2D eigenvalue weighted by molar-refractivity contribution is 6.30. The molecule has 0 bridgehead atoms. The van der Waals surface area contributed by atoms with Crippen molar-refractivity contribution in [1.82, 2.24) is 5.16 Å². The van der Waals surface area contributed by atoms with Crippen LogP contribution < -0.4 is 5.32 Å². The molecule has 0 fully saturated rings.